The van der Waals surface area contributed by atoms with Gasteiger partial charge in [-0.25, -0.2) is 4.98 Å². The first-order valence-electron chi connectivity index (χ1n) is 7.91. The van der Waals surface area contributed by atoms with Gasteiger partial charge in [-0.15, -0.1) is 0 Å². The largest absolute Gasteiger partial charge is 0.497 e. The van der Waals surface area contributed by atoms with E-state index in [2.05, 4.69) is 34.3 Å². The molecular formula is C17H25N3O. The number of hydrogen-bond donors (Lipinski definition) is 0. The number of nitrogens with zero attached hydrogens (tertiary/aromatic N) is 3. The summed E-state index contributed by atoms with van der Waals surface area (Å²) in [6.45, 7) is 7.02. The van der Waals surface area contributed by atoms with Gasteiger partial charge in [0.1, 0.15) is 11.6 Å². The standard InChI is InChI=1S/C17H25N3O/c1-13(2)19-7-4-5-14(12-19)9-17-18-11-15-10-16(21-3)6-8-20(15)17/h6,8,10-11,13-14H,4-5,7,9,12H2,1-3H3. The van der Waals surface area contributed by atoms with Crippen molar-refractivity contribution in [2.75, 3.05) is 20.2 Å². The average Bonchev–Trinajstić information content (AvgIpc) is 2.89. The zero-order valence-corrected chi connectivity index (χ0v) is 13.2. The van der Waals surface area contributed by atoms with Crippen LogP contribution < -0.4 is 4.74 Å². The molecule has 0 N–H and O–H groups in total. The van der Waals surface area contributed by atoms with Crippen LogP contribution in [0.3, 0.4) is 0 Å². The topological polar surface area (TPSA) is 29.8 Å². The van der Waals surface area contributed by atoms with Gasteiger partial charge < -0.3 is 14.0 Å². The highest BCUT2D eigenvalue weighted by molar-refractivity contribution is 5.50. The molecular weight excluding hydrogens is 262 g/mol. The van der Waals surface area contributed by atoms with Crippen molar-refractivity contribution in [3.63, 3.8) is 0 Å². The van der Waals surface area contributed by atoms with Crippen LogP contribution in [0.2, 0.25) is 0 Å². The molecule has 1 unspecified atom stereocenters. The SMILES string of the molecule is COc1ccn2c(CC3CCCN(C(C)C)C3)ncc2c1. The van der Waals surface area contributed by atoms with Crippen molar-refractivity contribution in [1.82, 2.24) is 14.3 Å². The summed E-state index contributed by atoms with van der Waals surface area (Å²) in [6, 6.07) is 4.69. The molecule has 4 nitrogen and oxygen atoms in total. The molecule has 0 bridgehead atoms. The van der Waals surface area contributed by atoms with Gasteiger partial charge in [-0.1, -0.05) is 0 Å². The number of methoxy groups -OCH3 is 1. The van der Waals surface area contributed by atoms with E-state index < -0.39 is 0 Å². The number of fused-ring (bicyclic) bond motifs is 1. The lowest BCUT2D eigenvalue weighted by molar-refractivity contribution is 0.138. The van der Waals surface area contributed by atoms with Crippen molar-refractivity contribution < 1.29 is 4.74 Å². The van der Waals surface area contributed by atoms with E-state index >= 15 is 0 Å². The van der Waals surface area contributed by atoms with Gasteiger partial charge in [-0.2, -0.15) is 0 Å². The molecule has 0 spiro atoms. The molecule has 1 aliphatic rings. The van der Waals surface area contributed by atoms with Gasteiger partial charge in [-0.05, 0) is 45.2 Å². The number of hydrogen-bond acceptors (Lipinski definition) is 3. The number of ether oxygens (including phenoxy) is 1. The molecule has 2 aromatic rings. The number of pyridine rings is 1. The second-order valence-corrected chi connectivity index (χ2v) is 6.34. The van der Waals surface area contributed by atoms with Crippen molar-refractivity contribution in [2.45, 2.75) is 39.2 Å². The Morgan fingerprint density at radius 1 is 1.43 bits per heavy atom. The van der Waals surface area contributed by atoms with Crippen LogP contribution in [0.4, 0.5) is 0 Å². The fraction of sp³-hybridized carbons (Fsp3) is 0.588. The van der Waals surface area contributed by atoms with Crippen molar-refractivity contribution >= 4 is 5.52 Å². The smallest absolute Gasteiger partial charge is 0.122 e. The van der Waals surface area contributed by atoms with E-state index in [1.807, 2.05) is 18.3 Å². The Balaban J connectivity index is 1.75. The molecule has 3 rings (SSSR count). The molecule has 4 heteroatoms. The third-order valence-electron chi connectivity index (χ3n) is 4.57. The minimum Gasteiger partial charge on any atom is -0.497 e. The monoisotopic (exact) mass is 287 g/mol. The van der Waals surface area contributed by atoms with Crippen molar-refractivity contribution in [1.29, 1.82) is 0 Å². The van der Waals surface area contributed by atoms with E-state index in [9.17, 15) is 0 Å². The first-order valence-corrected chi connectivity index (χ1v) is 7.91. The van der Waals surface area contributed by atoms with E-state index in [-0.39, 0.29) is 0 Å². The van der Waals surface area contributed by atoms with Gasteiger partial charge in [-0.3, -0.25) is 0 Å². The summed E-state index contributed by atoms with van der Waals surface area (Å²) in [4.78, 5) is 7.21. The molecule has 0 aliphatic carbocycles. The molecule has 0 amide bonds. The van der Waals surface area contributed by atoms with Crippen molar-refractivity contribution in [3.05, 3.63) is 30.4 Å². The maximum atomic E-state index is 5.27. The van der Waals surface area contributed by atoms with E-state index in [0.717, 1.165) is 17.7 Å². The van der Waals surface area contributed by atoms with E-state index in [1.165, 1.54) is 31.8 Å². The van der Waals surface area contributed by atoms with Crippen LogP contribution in [0, 0.1) is 5.92 Å². The molecule has 0 aromatic carbocycles. The minimum atomic E-state index is 0.647. The normalized spacial score (nSPS) is 20.3. The number of likely N-dealkylation sites (tertiary alicyclic amines) is 1. The molecule has 2 aromatic heterocycles. The van der Waals surface area contributed by atoms with Crippen LogP contribution in [0.5, 0.6) is 5.75 Å². The molecule has 1 atom stereocenters. The van der Waals surface area contributed by atoms with E-state index in [4.69, 9.17) is 4.74 Å². The maximum absolute atomic E-state index is 5.27. The lowest BCUT2D eigenvalue weighted by Gasteiger charge is -2.35. The van der Waals surface area contributed by atoms with Crippen LogP contribution in [0.15, 0.2) is 24.5 Å². The second kappa shape index (κ2) is 6.06. The van der Waals surface area contributed by atoms with Gasteiger partial charge in [0, 0.05) is 31.3 Å². The molecule has 0 radical (unpaired) electrons. The van der Waals surface area contributed by atoms with Gasteiger partial charge in [0.2, 0.25) is 0 Å². The van der Waals surface area contributed by atoms with Crippen LogP contribution in [0.25, 0.3) is 5.52 Å². The summed E-state index contributed by atoms with van der Waals surface area (Å²) in [5.74, 6) is 2.77. The second-order valence-electron chi connectivity index (χ2n) is 6.34. The maximum Gasteiger partial charge on any atom is 0.122 e. The van der Waals surface area contributed by atoms with Gasteiger partial charge >= 0.3 is 0 Å². The highest BCUT2D eigenvalue weighted by Gasteiger charge is 2.23. The molecule has 114 valence electrons. The lowest BCUT2D eigenvalue weighted by Crippen LogP contribution is -2.40. The Labute approximate surface area is 126 Å². The summed E-state index contributed by atoms with van der Waals surface area (Å²) in [7, 11) is 1.70. The first kappa shape index (κ1) is 14.4. The van der Waals surface area contributed by atoms with Gasteiger partial charge in [0.25, 0.3) is 0 Å². The summed E-state index contributed by atoms with van der Waals surface area (Å²) >= 11 is 0. The molecule has 1 saturated heterocycles. The van der Waals surface area contributed by atoms with Crippen LogP contribution in [-0.4, -0.2) is 40.5 Å². The number of rotatable bonds is 4. The Morgan fingerprint density at radius 3 is 3.05 bits per heavy atom. The van der Waals surface area contributed by atoms with Crippen molar-refractivity contribution in [3.8, 4) is 5.75 Å². The third kappa shape index (κ3) is 3.05. The molecule has 3 heterocycles. The quantitative estimate of drug-likeness (QED) is 0.866. The van der Waals surface area contributed by atoms with E-state index in [1.54, 1.807) is 7.11 Å². The Kier molecular flexibility index (Phi) is 4.15. The van der Waals surface area contributed by atoms with Gasteiger partial charge in [0.15, 0.2) is 0 Å². The zero-order valence-electron chi connectivity index (χ0n) is 13.2. The Bertz CT molecular complexity index is 605. The molecule has 21 heavy (non-hydrogen) atoms. The summed E-state index contributed by atoms with van der Waals surface area (Å²) < 4.78 is 7.47. The van der Waals surface area contributed by atoms with Crippen LogP contribution in [-0.2, 0) is 6.42 Å². The summed E-state index contributed by atoms with van der Waals surface area (Å²) in [6.07, 6.45) is 7.69. The fourth-order valence-corrected chi connectivity index (χ4v) is 3.30. The first-order chi connectivity index (χ1) is 10.2. The summed E-state index contributed by atoms with van der Waals surface area (Å²) in [5, 5.41) is 0. The highest BCUT2D eigenvalue weighted by Crippen LogP contribution is 2.23. The molecule has 1 fully saturated rings. The van der Waals surface area contributed by atoms with E-state index in [0.29, 0.717) is 12.0 Å². The highest BCUT2D eigenvalue weighted by atomic mass is 16.5. The Hall–Kier alpha value is -1.55. The third-order valence-corrected chi connectivity index (χ3v) is 4.57. The van der Waals surface area contributed by atoms with Crippen molar-refractivity contribution in [2.24, 2.45) is 5.92 Å². The predicted octanol–water partition coefficient (Wildman–Crippen LogP) is 3.01. The lowest BCUT2D eigenvalue weighted by atomic mass is 9.93. The minimum absolute atomic E-state index is 0.647. The number of aromatic nitrogens is 2. The molecule has 1 aliphatic heterocycles. The fourth-order valence-electron chi connectivity index (χ4n) is 3.30. The zero-order chi connectivity index (χ0) is 14.8. The van der Waals surface area contributed by atoms with Crippen LogP contribution in [0.1, 0.15) is 32.5 Å². The van der Waals surface area contributed by atoms with Gasteiger partial charge in [0.05, 0.1) is 18.8 Å². The average molecular weight is 287 g/mol. The molecule has 0 saturated carbocycles. The summed E-state index contributed by atoms with van der Waals surface area (Å²) in [5.41, 5.74) is 1.11. The number of piperidine rings is 1. The number of imidazole rings is 1. The Morgan fingerprint density at radius 2 is 2.29 bits per heavy atom. The van der Waals surface area contributed by atoms with Crippen LogP contribution >= 0.6 is 0 Å². The predicted molar refractivity (Wildman–Crippen MR) is 84.9 cm³/mol.